The van der Waals surface area contributed by atoms with Gasteiger partial charge in [0.25, 0.3) is 5.56 Å². The fourth-order valence-electron chi connectivity index (χ4n) is 3.30. The number of aromatic nitrogens is 3. The van der Waals surface area contributed by atoms with Crippen LogP contribution in [0.4, 0.5) is 11.4 Å². The zero-order valence-corrected chi connectivity index (χ0v) is 14.6. The topological polar surface area (TPSA) is 97.2 Å². The smallest absolute Gasteiger partial charge is 0.278 e. The molecule has 2 heterocycles. The standard InChI is InChI=1S/C19H17N5O3/c1-12-10-17(25)20-15-8-4-5-9-16(15)24(12)18(26)11-23-19(27)13-6-2-3-7-14(13)21-22-23/h2-9,12H,10-11H2,1H3,(H,20,25). The number of nitrogens with one attached hydrogen (secondary N) is 1. The van der Waals surface area contributed by atoms with Crippen LogP contribution in [0.25, 0.3) is 10.9 Å². The molecular formula is C19H17N5O3. The summed E-state index contributed by atoms with van der Waals surface area (Å²) in [5.74, 6) is -0.494. The number of benzene rings is 2. The van der Waals surface area contributed by atoms with Gasteiger partial charge in [-0.3, -0.25) is 14.4 Å². The van der Waals surface area contributed by atoms with Crippen LogP contribution in [-0.2, 0) is 16.1 Å². The van der Waals surface area contributed by atoms with Crippen molar-refractivity contribution in [1.29, 1.82) is 0 Å². The number of rotatable bonds is 2. The summed E-state index contributed by atoms with van der Waals surface area (Å²) in [6.45, 7) is 1.54. The number of fused-ring (bicyclic) bond motifs is 2. The fraction of sp³-hybridized carbons (Fsp3) is 0.211. The molecule has 1 unspecified atom stereocenters. The summed E-state index contributed by atoms with van der Waals surface area (Å²) < 4.78 is 1.06. The summed E-state index contributed by atoms with van der Waals surface area (Å²) >= 11 is 0. The van der Waals surface area contributed by atoms with Crippen LogP contribution in [0.15, 0.2) is 53.3 Å². The average molecular weight is 363 g/mol. The number of nitrogens with zero attached hydrogens (tertiary/aromatic N) is 4. The lowest BCUT2D eigenvalue weighted by Crippen LogP contribution is -2.43. The van der Waals surface area contributed by atoms with E-state index in [4.69, 9.17) is 0 Å². The van der Waals surface area contributed by atoms with Crippen molar-refractivity contribution in [2.24, 2.45) is 0 Å². The lowest BCUT2D eigenvalue weighted by Gasteiger charge is -2.27. The molecule has 1 aromatic heterocycles. The Bertz CT molecular complexity index is 1110. The largest absolute Gasteiger partial charge is 0.324 e. The zero-order valence-electron chi connectivity index (χ0n) is 14.6. The van der Waals surface area contributed by atoms with Crippen molar-refractivity contribution >= 4 is 34.1 Å². The highest BCUT2D eigenvalue weighted by atomic mass is 16.2. The van der Waals surface area contributed by atoms with Gasteiger partial charge in [0.1, 0.15) is 12.1 Å². The summed E-state index contributed by atoms with van der Waals surface area (Å²) in [5.41, 5.74) is 1.27. The minimum atomic E-state index is -0.376. The van der Waals surface area contributed by atoms with Gasteiger partial charge in [-0.1, -0.05) is 29.5 Å². The highest BCUT2D eigenvalue weighted by Crippen LogP contribution is 2.31. The molecule has 1 atom stereocenters. The van der Waals surface area contributed by atoms with Crippen LogP contribution in [-0.4, -0.2) is 32.9 Å². The van der Waals surface area contributed by atoms with E-state index in [0.717, 1.165) is 4.68 Å². The van der Waals surface area contributed by atoms with Gasteiger partial charge >= 0.3 is 0 Å². The molecule has 0 fully saturated rings. The van der Waals surface area contributed by atoms with Crippen molar-refractivity contribution in [1.82, 2.24) is 15.0 Å². The summed E-state index contributed by atoms with van der Waals surface area (Å²) in [7, 11) is 0. The fourth-order valence-corrected chi connectivity index (χ4v) is 3.30. The second-order valence-electron chi connectivity index (χ2n) is 6.45. The predicted molar refractivity (Wildman–Crippen MR) is 100 cm³/mol. The normalized spacial score (nSPS) is 16.6. The summed E-state index contributed by atoms with van der Waals surface area (Å²) in [4.78, 5) is 39.3. The lowest BCUT2D eigenvalue weighted by atomic mass is 10.1. The van der Waals surface area contributed by atoms with Crippen molar-refractivity contribution < 1.29 is 9.59 Å². The molecule has 1 aliphatic rings. The third kappa shape index (κ3) is 3.05. The second kappa shape index (κ2) is 6.64. The molecule has 0 spiro atoms. The Hall–Kier alpha value is -3.55. The van der Waals surface area contributed by atoms with Crippen LogP contribution in [0.1, 0.15) is 13.3 Å². The molecule has 0 radical (unpaired) electrons. The van der Waals surface area contributed by atoms with Crippen LogP contribution in [0.2, 0.25) is 0 Å². The first-order valence-electron chi connectivity index (χ1n) is 8.58. The Morgan fingerprint density at radius 1 is 1.15 bits per heavy atom. The molecule has 0 saturated carbocycles. The summed E-state index contributed by atoms with van der Waals surface area (Å²) in [5, 5.41) is 11.1. The Morgan fingerprint density at radius 3 is 2.74 bits per heavy atom. The predicted octanol–water partition coefficient (Wildman–Crippen LogP) is 1.56. The van der Waals surface area contributed by atoms with E-state index >= 15 is 0 Å². The Morgan fingerprint density at radius 2 is 1.89 bits per heavy atom. The van der Waals surface area contributed by atoms with Gasteiger partial charge in [0, 0.05) is 12.5 Å². The molecule has 4 rings (SSSR count). The first-order chi connectivity index (χ1) is 13.0. The zero-order chi connectivity index (χ0) is 19.0. The van der Waals surface area contributed by atoms with Gasteiger partial charge in [-0.05, 0) is 31.2 Å². The lowest BCUT2D eigenvalue weighted by molar-refractivity contribution is -0.120. The molecule has 8 nitrogen and oxygen atoms in total. The van der Waals surface area contributed by atoms with E-state index < -0.39 is 0 Å². The van der Waals surface area contributed by atoms with Gasteiger partial charge in [-0.15, -0.1) is 5.10 Å². The third-order valence-electron chi connectivity index (χ3n) is 4.54. The highest BCUT2D eigenvalue weighted by molar-refractivity contribution is 6.04. The molecule has 1 aliphatic heterocycles. The number of carbonyl (C=O) groups is 2. The Labute approximate surface area is 154 Å². The molecule has 8 heteroatoms. The molecule has 1 N–H and O–H groups in total. The SMILES string of the molecule is CC1CC(=O)Nc2ccccc2N1C(=O)Cn1nnc2ccccc2c1=O. The van der Waals surface area contributed by atoms with E-state index in [1.165, 1.54) is 4.90 Å². The van der Waals surface area contributed by atoms with Crippen LogP contribution in [0, 0.1) is 0 Å². The Balaban J connectivity index is 1.71. The first kappa shape index (κ1) is 16.9. The van der Waals surface area contributed by atoms with Gasteiger partial charge in [-0.2, -0.15) is 0 Å². The van der Waals surface area contributed by atoms with Crippen LogP contribution in [0.5, 0.6) is 0 Å². The van der Waals surface area contributed by atoms with Crippen LogP contribution in [0.3, 0.4) is 0 Å². The molecule has 27 heavy (non-hydrogen) atoms. The van der Waals surface area contributed by atoms with E-state index in [2.05, 4.69) is 15.6 Å². The van der Waals surface area contributed by atoms with Gasteiger partial charge in [0.15, 0.2) is 0 Å². The van der Waals surface area contributed by atoms with Crippen molar-refractivity contribution in [2.45, 2.75) is 25.9 Å². The minimum absolute atomic E-state index is 0.159. The second-order valence-corrected chi connectivity index (χ2v) is 6.45. The van der Waals surface area contributed by atoms with Gasteiger partial charge in [0.05, 0.1) is 16.8 Å². The molecule has 0 aliphatic carbocycles. The summed E-state index contributed by atoms with van der Waals surface area (Å²) in [6, 6.07) is 13.6. The number of carbonyl (C=O) groups excluding carboxylic acids is 2. The molecule has 0 bridgehead atoms. The number of para-hydroxylation sites is 2. The summed E-state index contributed by atoms with van der Waals surface area (Å²) in [6.07, 6.45) is 0.165. The maximum absolute atomic E-state index is 13.0. The number of hydrogen-bond donors (Lipinski definition) is 1. The van der Waals surface area contributed by atoms with Crippen molar-refractivity contribution in [3.63, 3.8) is 0 Å². The molecule has 136 valence electrons. The molecule has 2 amide bonds. The number of hydrogen-bond acceptors (Lipinski definition) is 5. The molecule has 0 saturated heterocycles. The quantitative estimate of drug-likeness (QED) is 0.745. The van der Waals surface area contributed by atoms with Crippen molar-refractivity contribution in [2.75, 3.05) is 10.2 Å². The van der Waals surface area contributed by atoms with E-state index in [-0.39, 0.29) is 36.4 Å². The van der Waals surface area contributed by atoms with Crippen molar-refractivity contribution in [3.05, 3.63) is 58.9 Å². The Kier molecular flexibility index (Phi) is 4.15. The van der Waals surface area contributed by atoms with E-state index in [9.17, 15) is 14.4 Å². The van der Waals surface area contributed by atoms with E-state index in [0.29, 0.717) is 22.3 Å². The molecular weight excluding hydrogens is 346 g/mol. The van der Waals surface area contributed by atoms with E-state index in [1.807, 2.05) is 0 Å². The first-order valence-corrected chi connectivity index (χ1v) is 8.58. The number of amides is 2. The number of anilines is 2. The van der Waals surface area contributed by atoms with Gasteiger partial charge in [-0.25, -0.2) is 4.68 Å². The van der Waals surface area contributed by atoms with Crippen molar-refractivity contribution in [3.8, 4) is 0 Å². The van der Waals surface area contributed by atoms with Gasteiger partial charge < -0.3 is 10.2 Å². The maximum atomic E-state index is 13.0. The highest BCUT2D eigenvalue weighted by Gasteiger charge is 2.30. The van der Waals surface area contributed by atoms with Crippen LogP contribution < -0.4 is 15.8 Å². The third-order valence-corrected chi connectivity index (χ3v) is 4.54. The molecule has 3 aromatic rings. The van der Waals surface area contributed by atoms with Crippen LogP contribution >= 0.6 is 0 Å². The monoisotopic (exact) mass is 363 g/mol. The minimum Gasteiger partial charge on any atom is -0.324 e. The van der Waals surface area contributed by atoms with Gasteiger partial charge in [0.2, 0.25) is 11.8 Å². The maximum Gasteiger partial charge on any atom is 0.278 e. The molecule has 2 aromatic carbocycles. The average Bonchev–Trinajstić information content (AvgIpc) is 2.78. The van der Waals surface area contributed by atoms with E-state index in [1.54, 1.807) is 55.5 Å².